The van der Waals surface area contributed by atoms with Gasteiger partial charge in [0.2, 0.25) is 11.9 Å². The van der Waals surface area contributed by atoms with Gasteiger partial charge in [0, 0.05) is 18.9 Å². The number of hydrogen-bond acceptors (Lipinski definition) is 7. The predicted octanol–water partition coefficient (Wildman–Crippen LogP) is 0.555. The Kier molecular flexibility index (Phi) is 3.23. The number of nitrogens with one attached hydrogen (secondary N) is 2. The molecule has 0 unspecified atom stereocenters. The summed E-state index contributed by atoms with van der Waals surface area (Å²) in [7, 11) is 0. The molecule has 100 valence electrons. The number of nitrogen functional groups attached to an aromatic ring is 1. The van der Waals surface area contributed by atoms with Crippen LogP contribution in [0.1, 0.15) is 19.3 Å². The lowest BCUT2D eigenvalue weighted by Crippen LogP contribution is -2.23. The first kappa shape index (κ1) is 11.8. The molecule has 1 fully saturated rings. The van der Waals surface area contributed by atoms with Crippen LogP contribution in [0.3, 0.4) is 0 Å². The van der Waals surface area contributed by atoms with Crippen LogP contribution in [0.5, 0.6) is 0 Å². The van der Waals surface area contributed by atoms with Crippen molar-refractivity contribution < 1.29 is 0 Å². The Bertz CT molecular complexity index is 534. The fourth-order valence-corrected chi connectivity index (χ4v) is 1.93. The zero-order chi connectivity index (χ0) is 13.1. The Balaban J connectivity index is 1.80. The van der Waals surface area contributed by atoms with Gasteiger partial charge in [-0.05, 0) is 24.8 Å². The summed E-state index contributed by atoms with van der Waals surface area (Å²) < 4.78 is 1.57. The maximum atomic E-state index is 5.37. The van der Waals surface area contributed by atoms with Gasteiger partial charge in [-0.1, -0.05) is 6.42 Å². The van der Waals surface area contributed by atoms with Crippen LogP contribution in [-0.4, -0.2) is 31.3 Å². The third-order valence-corrected chi connectivity index (χ3v) is 3.24. The van der Waals surface area contributed by atoms with E-state index in [9.17, 15) is 0 Å². The van der Waals surface area contributed by atoms with Crippen molar-refractivity contribution in [3.63, 3.8) is 0 Å². The van der Waals surface area contributed by atoms with E-state index in [0.29, 0.717) is 17.8 Å². The van der Waals surface area contributed by atoms with Crippen LogP contribution in [0.4, 0.5) is 11.9 Å². The molecule has 1 aliphatic carbocycles. The Morgan fingerprint density at radius 1 is 1.26 bits per heavy atom. The van der Waals surface area contributed by atoms with E-state index in [2.05, 4.69) is 30.8 Å². The molecule has 2 aromatic heterocycles. The number of hydrogen-bond donors (Lipinski definition) is 3. The summed E-state index contributed by atoms with van der Waals surface area (Å²) in [5.41, 5.74) is 2.44. The summed E-state index contributed by atoms with van der Waals surface area (Å²) in [6.07, 6.45) is 7.29. The van der Waals surface area contributed by atoms with Gasteiger partial charge < -0.3 is 5.32 Å². The van der Waals surface area contributed by atoms with Crippen LogP contribution in [0.25, 0.3) is 5.95 Å². The van der Waals surface area contributed by atoms with Gasteiger partial charge in [-0.3, -0.25) is 5.43 Å². The molecule has 0 aromatic carbocycles. The van der Waals surface area contributed by atoms with E-state index in [0.717, 1.165) is 12.5 Å². The van der Waals surface area contributed by atoms with Gasteiger partial charge in [0.25, 0.3) is 5.95 Å². The standard InChI is InChI=1S/C11H16N8/c12-18-10-15-9(13-7-8-3-1-4-8)16-11(17-10)19-6-2-5-14-19/h2,5-6,8H,1,3-4,7,12H2,(H2,13,15,16,17,18). The van der Waals surface area contributed by atoms with Gasteiger partial charge in [-0.2, -0.15) is 20.1 Å². The Morgan fingerprint density at radius 3 is 2.74 bits per heavy atom. The molecular formula is C11H16N8. The molecule has 0 saturated heterocycles. The lowest BCUT2D eigenvalue weighted by atomic mass is 9.85. The molecule has 8 heteroatoms. The summed E-state index contributed by atoms with van der Waals surface area (Å²) in [4.78, 5) is 12.7. The predicted molar refractivity (Wildman–Crippen MR) is 70.6 cm³/mol. The molecule has 1 saturated carbocycles. The second kappa shape index (κ2) is 5.19. The summed E-state index contributed by atoms with van der Waals surface area (Å²) in [6.45, 7) is 0.882. The highest BCUT2D eigenvalue weighted by atomic mass is 15.4. The first-order valence-electron chi connectivity index (χ1n) is 6.32. The van der Waals surface area contributed by atoms with Gasteiger partial charge >= 0.3 is 0 Å². The Hall–Kier alpha value is -2.22. The van der Waals surface area contributed by atoms with Crippen LogP contribution in [-0.2, 0) is 0 Å². The van der Waals surface area contributed by atoms with E-state index >= 15 is 0 Å². The summed E-state index contributed by atoms with van der Waals surface area (Å²) >= 11 is 0. The first-order chi connectivity index (χ1) is 9.35. The summed E-state index contributed by atoms with van der Waals surface area (Å²) in [5.74, 6) is 7.36. The molecule has 3 rings (SSSR count). The van der Waals surface area contributed by atoms with Crippen molar-refractivity contribution in [2.75, 3.05) is 17.3 Å². The van der Waals surface area contributed by atoms with Crippen LogP contribution >= 0.6 is 0 Å². The smallest absolute Gasteiger partial charge is 0.257 e. The average Bonchev–Trinajstić information content (AvgIpc) is 2.90. The highest BCUT2D eigenvalue weighted by Gasteiger charge is 2.17. The largest absolute Gasteiger partial charge is 0.354 e. The topological polar surface area (TPSA) is 107 Å². The molecule has 0 aliphatic heterocycles. The van der Waals surface area contributed by atoms with Crippen molar-refractivity contribution in [1.82, 2.24) is 24.7 Å². The zero-order valence-electron chi connectivity index (χ0n) is 10.5. The Morgan fingerprint density at radius 2 is 2.11 bits per heavy atom. The van der Waals surface area contributed by atoms with Crippen LogP contribution in [0.2, 0.25) is 0 Å². The van der Waals surface area contributed by atoms with E-state index in [-0.39, 0.29) is 0 Å². The Labute approximate surface area is 110 Å². The van der Waals surface area contributed by atoms with Crippen LogP contribution < -0.4 is 16.6 Å². The fraction of sp³-hybridized carbons (Fsp3) is 0.455. The number of nitrogens with zero attached hydrogens (tertiary/aromatic N) is 5. The normalized spacial score (nSPS) is 15.0. The van der Waals surface area contributed by atoms with Gasteiger partial charge in [0.1, 0.15) is 0 Å². The maximum Gasteiger partial charge on any atom is 0.257 e. The lowest BCUT2D eigenvalue weighted by molar-refractivity contribution is 0.333. The number of nitrogens with two attached hydrogens (primary N) is 1. The van der Waals surface area contributed by atoms with Crippen molar-refractivity contribution in [2.45, 2.75) is 19.3 Å². The average molecular weight is 260 g/mol. The van der Waals surface area contributed by atoms with Crippen LogP contribution in [0, 0.1) is 5.92 Å². The third-order valence-electron chi connectivity index (χ3n) is 3.24. The highest BCUT2D eigenvalue weighted by molar-refractivity contribution is 5.36. The van der Waals surface area contributed by atoms with Crippen molar-refractivity contribution in [1.29, 1.82) is 0 Å². The van der Waals surface area contributed by atoms with Gasteiger partial charge in [0.15, 0.2) is 0 Å². The van der Waals surface area contributed by atoms with Gasteiger partial charge in [-0.15, -0.1) is 0 Å². The monoisotopic (exact) mass is 260 g/mol. The third kappa shape index (κ3) is 2.63. The molecule has 0 spiro atoms. The van der Waals surface area contributed by atoms with E-state index in [1.54, 1.807) is 23.1 Å². The fourth-order valence-electron chi connectivity index (χ4n) is 1.93. The molecule has 4 N–H and O–H groups in total. The van der Waals surface area contributed by atoms with Crippen LogP contribution in [0.15, 0.2) is 18.5 Å². The van der Waals surface area contributed by atoms with Gasteiger partial charge in [-0.25, -0.2) is 10.5 Å². The molecule has 2 aromatic rings. The number of rotatable bonds is 5. The number of aromatic nitrogens is 5. The molecular weight excluding hydrogens is 244 g/mol. The van der Waals surface area contributed by atoms with E-state index < -0.39 is 0 Å². The highest BCUT2D eigenvalue weighted by Crippen LogP contribution is 2.26. The van der Waals surface area contributed by atoms with Crippen molar-refractivity contribution in [3.05, 3.63) is 18.5 Å². The minimum Gasteiger partial charge on any atom is -0.354 e. The molecule has 0 amide bonds. The summed E-state index contributed by atoms with van der Waals surface area (Å²) in [5, 5.41) is 7.32. The minimum atomic E-state index is 0.316. The van der Waals surface area contributed by atoms with E-state index in [4.69, 9.17) is 5.84 Å². The molecule has 0 radical (unpaired) electrons. The SMILES string of the molecule is NNc1nc(NCC2CCC2)nc(-n2cccn2)n1. The molecule has 8 nitrogen and oxygen atoms in total. The minimum absolute atomic E-state index is 0.316. The van der Waals surface area contributed by atoms with Gasteiger partial charge in [0.05, 0.1) is 0 Å². The number of hydrazine groups is 1. The molecule has 1 aliphatic rings. The lowest BCUT2D eigenvalue weighted by Gasteiger charge is -2.25. The van der Waals surface area contributed by atoms with Crippen molar-refractivity contribution in [3.8, 4) is 5.95 Å². The molecule has 0 atom stereocenters. The second-order valence-corrected chi connectivity index (χ2v) is 4.56. The maximum absolute atomic E-state index is 5.37. The van der Waals surface area contributed by atoms with E-state index in [1.165, 1.54) is 19.3 Å². The van der Waals surface area contributed by atoms with E-state index in [1.807, 2.05) is 0 Å². The summed E-state index contributed by atoms with van der Waals surface area (Å²) in [6, 6.07) is 1.81. The quantitative estimate of drug-likeness (QED) is 0.532. The molecule has 2 heterocycles. The molecule has 19 heavy (non-hydrogen) atoms. The zero-order valence-corrected chi connectivity index (χ0v) is 10.5. The second-order valence-electron chi connectivity index (χ2n) is 4.56. The van der Waals surface area contributed by atoms with Crippen molar-refractivity contribution >= 4 is 11.9 Å². The first-order valence-corrected chi connectivity index (χ1v) is 6.32. The van der Waals surface area contributed by atoms with Crippen molar-refractivity contribution in [2.24, 2.45) is 11.8 Å². The number of anilines is 2. The molecule has 0 bridgehead atoms.